The Labute approximate surface area is 102 Å². The minimum Gasteiger partial charge on any atom is -0.212 e. The standard InChI is InChI=1S/C12H17ClO2S/c1-12(2,3)8-10-4-6-11(7-5-10)9-16(13,14)15/h4-7H,8-9H2,1-3H3. The zero-order valence-corrected chi connectivity index (χ0v) is 11.4. The van der Waals surface area contributed by atoms with Gasteiger partial charge in [0.2, 0.25) is 9.05 Å². The molecular weight excluding hydrogens is 244 g/mol. The van der Waals surface area contributed by atoms with E-state index in [1.807, 2.05) is 24.3 Å². The van der Waals surface area contributed by atoms with Crippen LogP contribution in [0.15, 0.2) is 24.3 Å². The van der Waals surface area contributed by atoms with Crippen LogP contribution in [0.25, 0.3) is 0 Å². The van der Waals surface area contributed by atoms with Gasteiger partial charge in [0.1, 0.15) is 0 Å². The molecule has 0 amide bonds. The number of halogens is 1. The highest BCUT2D eigenvalue weighted by molar-refractivity contribution is 8.13. The van der Waals surface area contributed by atoms with Crippen molar-refractivity contribution >= 4 is 19.7 Å². The summed E-state index contributed by atoms with van der Waals surface area (Å²) in [5.41, 5.74) is 2.18. The monoisotopic (exact) mass is 260 g/mol. The fraction of sp³-hybridized carbons (Fsp3) is 0.500. The second-order valence-electron chi connectivity index (χ2n) is 5.24. The van der Waals surface area contributed by atoms with E-state index in [-0.39, 0.29) is 11.2 Å². The average molecular weight is 261 g/mol. The van der Waals surface area contributed by atoms with Crippen molar-refractivity contribution in [3.63, 3.8) is 0 Å². The molecule has 0 spiro atoms. The molecule has 16 heavy (non-hydrogen) atoms. The lowest BCUT2D eigenvalue weighted by atomic mass is 9.88. The van der Waals surface area contributed by atoms with Gasteiger partial charge in [0.25, 0.3) is 0 Å². The van der Waals surface area contributed by atoms with Crippen LogP contribution in [-0.2, 0) is 21.2 Å². The van der Waals surface area contributed by atoms with E-state index in [1.165, 1.54) is 5.56 Å². The third-order valence-corrected chi connectivity index (χ3v) is 3.10. The summed E-state index contributed by atoms with van der Waals surface area (Å²) >= 11 is 0. The molecule has 0 heterocycles. The molecule has 1 rings (SSSR count). The van der Waals surface area contributed by atoms with Crippen molar-refractivity contribution in [3.05, 3.63) is 35.4 Å². The fourth-order valence-corrected chi connectivity index (χ4v) is 2.53. The summed E-state index contributed by atoms with van der Waals surface area (Å²) in [4.78, 5) is 0. The smallest absolute Gasteiger partial charge is 0.212 e. The van der Waals surface area contributed by atoms with E-state index in [9.17, 15) is 8.42 Å². The number of hydrogen-bond acceptors (Lipinski definition) is 2. The lowest BCUT2D eigenvalue weighted by molar-refractivity contribution is 0.411. The van der Waals surface area contributed by atoms with E-state index >= 15 is 0 Å². The van der Waals surface area contributed by atoms with Crippen molar-refractivity contribution in [2.24, 2.45) is 5.41 Å². The molecular formula is C12H17ClO2S. The molecule has 0 aliphatic carbocycles. The minimum atomic E-state index is -3.45. The Morgan fingerprint density at radius 2 is 1.50 bits per heavy atom. The van der Waals surface area contributed by atoms with Crippen LogP contribution in [0.1, 0.15) is 31.9 Å². The summed E-state index contributed by atoms with van der Waals surface area (Å²) in [6.07, 6.45) is 0.973. The molecule has 0 saturated heterocycles. The lowest BCUT2D eigenvalue weighted by Crippen LogP contribution is -2.09. The van der Waals surface area contributed by atoms with E-state index in [0.717, 1.165) is 12.0 Å². The van der Waals surface area contributed by atoms with Crippen molar-refractivity contribution in [3.8, 4) is 0 Å². The highest BCUT2D eigenvalue weighted by Gasteiger charge is 2.12. The largest absolute Gasteiger partial charge is 0.236 e. The Balaban J connectivity index is 2.76. The van der Waals surface area contributed by atoms with Gasteiger partial charge in [0, 0.05) is 10.7 Å². The van der Waals surface area contributed by atoms with Crippen LogP contribution in [0.5, 0.6) is 0 Å². The first-order valence-electron chi connectivity index (χ1n) is 5.16. The third-order valence-electron chi connectivity index (χ3n) is 2.10. The number of hydrogen-bond donors (Lipinski definition) is 0. The zero-order valence-electron chi connectivity index (χ0n) is 9.83. The van der Waals surface area contributed by atoms with E-state index in [1.54, 1.807) is 0 Å². The van der Waals surface area contributed by atoms with Gasteiger partial charge in [0.15, 0.2) is 0 Å². The van der Waals surface area contributed by atoms with Gasteiger partial charge in [0.05, 0.1) is 5.75 Å². The summed E-state index contributed by atoms with van der Waals surface area (Å²) in [7, 11) is 1.73. The maximum absolute atomic E-state index is 10.9. The molecule has 0 saturated carbocycles. The van der Waals surface area contributed by atoms with Crippen LogP contribution >= 0.6 is 10.7 Å². The summed E-state index contributed by atoms with van der Waals surface area (Å²) in [5, 5.41) is 0. The molecule has 0 aromatic heterocycles. The number of benzene rings is 1. The SMILES string of the molecule is CC(C)(C)Cc1ccc(CS(=O)(=O)Cl)cc1. The van der Waals surface area contributed by atoms with Crippen molar-refractivity contribution in [1.29, 1.82) is 0 Å². The molecule has 0 fully saturated rings. The van der Waals surface area contributed by atoms with Crippen LogP contribution in [0.4, 0.5) is 0 Å². The van der Waals surface area contributed by atoms with Gasteiger partial charge >= 0.3 is 0 Å². The highest BCUT2D eigenvalue weighted by atomic mass is 35.7. The van der Waals surface area contributed by atoms with Gasteiger partial charge < -0.3 is 0 Å². The van der Waals surface area contributed by atoms with Crippen molar-refractivity contribution < 1.29 is 8.42 Å². The van der Waals surface area contributed by atoms with Crippen LogP contribution in [0.3, 0.4) is 0 Å². The van der Waals surface area contributed by atoms with E-state index < -0.39 is 9.05 Å². The Kier molecular flexibility index (Phi) is 4.02. The first-order valence-corrected chi connectivity index (χ1v) is 7.64. The van der Waals surface area contributed by atoms with Crippen LogP contribution in [0.2, 0.25) is 0 Å². The topological polar surface area (TPSA) is 34.1 Å². The Hall–Kier alpha value is -0.540. The highest BCUT2D eigenvalue weighted by Crippen LogP contribution is 2.21. The van der Waals surface area contributed by atoms with Gasteiger partial charge in [-0.2, -0.15) is 0 Å². The lowest BCUT2D eigenvalue weighted by Gasteiger charge is -2.18. The van der Waals surface area contributed by atoms with Gasteiger partial charge in [-0.3, -0.25) is 0 Å². The van der Waals surface area contributed by atoms with Crippen LogP contribution in [0, 0.1) is 5.41 Å². The first-order chi connectivity index (χ1) is 7.16. The predicted molar refractivity (Wildman–Crippen MR) is 68.1 cm³/mol. The molecule has 0 aliphatic rings. The van der Waals surface area contributed by atoms with Gasteiger partial charge in [-0.25, -0.2) is 8.42 Å². The second kappa shape index (κ2) is 4.76. The second-order valence-corrected chi connectivity index (χ2v) is 8.01. The molecule has 0 atom stereocenters. The van der Waals surface area contributed by atoms with Crippen molar-refractivity contribution in [2.75, 3.05) is 0 Å². The average Bonchev–Trinajstić information content (AvgIpc) is 2.03. The van der Waals surface area contributed by atoms with Crippen LogP contribution in [-0.4, -0.2) is 8.42 Å². The Morgan fingerprint density at radius 3 is 1.88 bits per heavy atom. The predicted octanol–water partition coefficient (Wildman–Crippen LogP) is 3.34. The molecule has 4 heteroatoms. The van der Waals surface area contributed by atoms with E-state index in [2.05, 4.69) is 20.8 Å². The summed E-state index contributed by atoms with van der Waals surface area (Å²) in [6.45, 7) is 6.51. The van der Waals surface area contributed by atoms with Gasteiger partial charge in [-0.1, -0.05) is 45.0 Å². The maximum atomic E-state index is 10.9. The maximum Gasteiger partial charge on any atom is 0.236 e. The quantitative estimate of drug-likeness (QED) is 0.781. The van der Waals surface area contributed by atoms with E-state index in [0.29, 0.717) is 0 Å². The zero-order chi connectivity index (χ0) is 12.4. The molecule has 0 aliphatic heterocycles. The molecule has 1 aromatic carbocycles. The third kappa shape index (κ3) is 5.52. The van der Waals surface area contributed by atoms with Crippen molar-refractivity contribution in [2.45, 2.75) is 32.9 Å². The molecule has 1 aromatic rings. The number of rotatable bonds is 3. The summed E-state index contributed by atoms with van der Waals surface area (Å²) in [5.74, 6) is -0.107. The summed E-state index contributed by atoms with van der Waals surface area (Å²) in [6, 6.07) is 7.56. The minimum absolute atomic E-state index is 0.107. The molecule has 2 nitrogen and oxygen atoms in total. The molecule has 0 unspecified atom stereocenters. The first kappa shape index (κ1) is 13.5. The van der Waals surface area contributed by atoms with E-state index in [4.69, 9.17) is 10.7 Å². The van der Waals surface area contributed by atoms with Gasteiger partial charge in [-0.05, 0) is 23.0 Å². The fourth-order valence-electron chi connectivity index (χ4n) is 1.56. The molecule has 0 N–H and O–H groups in total. The normalized spacial score (nSPS) is 12.8. The Bertz CT molecular complexity index is 441. The molecule has 90 valence electrons. The summed E-state index contributed by atoms with van der Waals surface area (Å²) < 4.78 is 21.8. The van der Waals surface area contributed by atoms with Crippen molar-refractivity contribution in [1.82, 2.24) is 0 Å². The molecule has 0 bridgehead atoms. The van der Waals surface area contributed by atoms with Gasteiger partial charge in [-0.15, -0.1) is 0 Å². The Morgan fingerprint density at radius 1 is 1.06 bits per heavy atom. The van der Waals surface area contributed by atoms with Crippen LogP contribution < -0.4 is 0 Å². The molecule has 0 radical (unpaired) electrons.